The Kier molecular flexibility index (Phi) is 13.4. The van der Waals surface area contributed by atoms with Crippen LogP contribution in [-0.4, -0.2) is 28.7 Å². The summed E-state index contributed by atoms with van der Waals surface area (Å²) >= 11 is 0. The average Bonchev–Trinajstić information content (AvgIpc) is 2.73. The van der Waals surface area contributed by atoms with E-state index in [1.165, 1.54) is 0 Å². The maximum atomic E-state index is 12.5. The van der Waals surface area contributed by atoms with Gasteiger partial charge >= 0.3 is 0 Å². The average molecular weight is 482 g/mol. The summed E-state index contributed by atoms with van der Waals surface area (Å²) in [6, 6.07) is 8.60. The lowest BCUT2D eigenvalue weighted by Gasteiger charge is -2.18. The Morgan fingerprint density at radius 3 is 2.38 bits per heavy atom. The van der Waals surface area contributed by atoms with Gasteiger partial charge in [0.2, 0.25) is 5.91 Å². The lowest BCUT2D eigenvalue weighted by molar-refractivity contribution is -0.117. The number of amides is 1. The number of carbonyl (C=O) groups is 1. The minimum atomic E-state index is -0.766. The normalized spacial score (nSPS) is 10.9. The number of phenolic OH excluding ortho intramolecular Hbond substituents is 2. The van der Waals surface area contributed by atoms with Crippen LogP contribution in [0.2, 0.25) is 0 Å². The van der Waals surface area contributed by atoms with Crippen molar-refractivity contribution in [2.75, 3.05) is 11.9 Å². The smallest absolute Gasteiger partial charge is 0.241 e. The summed E-state index contributed by atoms with van der Waals surface area (Å²) in [6.07, 6.45) is 6.47. The van der Waals surface area contributed by atoms with Crippen molar-refractivity contribution in [1.82, 2.24) is 0 Å². The molecule has 0 fully saturated rings. The molecule has 0 aliphatic carbocycles. The van der Waals surface area contributed by atoms with Gasteiger partial charge in [-0.3, -0.25) is 4.79 Å². The lowest BCUT2D eigenvalue weighted by atomic mass is 9.96. The van der Waals surface area contributed by atoms with Crippen molar-refractivity contribution in [3.05, 3.63) is 66.8 Å². The first-order chi connectivity index (χ1) is 14.4. The van der Waals surface area contributed by atoms with Crippen molar-refractivity contribution in [1.29, 1.82) is 0 Å². The molecule has 0 aromatic heterocycles. The Hall–Kier alpha value is -2.51. The molecule has 176 valence electrons. The van der Waals surface area contributed by atoms with Gasteiger partial charge < -0.3 is 27.0 Å². The fraction of sp³-hybridized carbons (Fsp3) is 0.292. The SMILES string of the molecule is C=CCc1cccc(-c2cc(CC=C)c(O)c(NC(=O)C(N)CCCCN)c2O)c1.Cl.Cl. The van der Waals surface area contributed by atoms with E-state index in [-0.39, 0.29) is 42.0 Å². The summed E-state index contributed by atoms with van der Waals surface area (Å²) in [5, 5.41) is 24.2. The van der Waals surface area contributed by atoms with E-state index in [0.717, 1.165) is 24.0 Å². The number of hydrogen-bond acceptors (Lipinski definition) is 5. The second-order valence-corrected chi connectivity index (χ2v) is 7.22. The van der Waals surface area contributed by atoms with Crippen LogP contribution in [0.25, 0.3) is 11.1 Å². The highest BCUT2D eigenvalue weighted by Gasteiger charge is 2.22. The minimum absolute atomic E-state index is 0. The third kappa shape index (κ3) is 7.57. The zero-order valence-electron chi connectivity index (χ0n) is 18.0. The van der Waals surface area contributed by atoms with Crippen molar-refractivity contribution in [2.24, 2.45) is 11.5 Å². The number of hydrogen-bond donors (Lipinski definition) is 5. The van der Waals surface area contributed by atoms with Gasteiger partial charge in [-0.05, 0) is 49.4 Å². The molecule has 2 aromatic rings. The van der Waals surface area contributed by atoms with Crippen LogP contribution in [0.3, 0.4) is 0 Å². The third-order valence-corrected chi connectivity index (χ3v) is 4.89. The van der Waals surface area contributed by atoms with Crippen LogP contribution in [0.4, 0.5) is 5.69 Å². The van der Waals surface area contributed by atoms with E-state index >= 15 is 0 Å². The number of benzene rings is 2. The second kappa shape index (κ2) is 14.5. The van der Waals surface area contributed by atoms with E-state index in [0.29, 0.717) is 36.9 Å². The van der Waals surface area contributed by atoms with Gasteiger partial charge in [0.25, 0.3) is 0 Å². The molecule has 7 N–H and O–H groups in total. The highest BCUT2D eigenvalue weighted by Crippen LogP contribution is 2.44. The van der Waals surface area contributed by atoms with Crippen molar-refractivity contribution in [3.63, 3.8) is 0 Å². The Labute approximate surface area is 202 Å². The quantitative estimate of drug-likeness (QED) is 0.184. The summed E-state index contributed by atoms with van der Waals surface area (Å²) in [4.78, 5) is 12.5. The van der Waals surface area contributed by atoms with E-state index in [4.69, 9.17) is 11.5 Å². The molecule has 32 heavy (non-hydrogen) atoms. The predicted molar refractivity (Wildman–Crippen MR) is 137 cm³/mol. The first-order valence-electron chi connectivity index (χ1n) is 10.1. The van der Waals surface area contributed by atoms with Crippen LogP contribution in [0.5, 0.6) is 11.5 Å². The predicted octanol–water partition coefficient (Wildman–Crippen LogP) is 4.46. The van der Waals surface area contributed by atoms with Crippen LogP contribution >= 0.6 is 24.8 Å². The maximum absolute atomic E-state index is 12.5. The van der Waals surface area contributed by atoms with Gasteiger partial charge in [-0.15, -0.1) is 38.0 Å². The van der Waals surface area contributed by atoms with Crippen molar-refractivity contribution in [2.45, 2.75) is 38.1 Å². The Bertz CT molecular complexity index is 920. The molecule has 6 nitrogen and oxygen atoms in total. The molecule has 2 rings (SSSR count). The van der Waals surface area contributed by atoms with E-state index < -0.39 is 11.9 Å². The topological polar surface area (TPSA) is 122 Å². The first-order valence-corrected chi connectivity index (χ1v) is 10.1. The van der Waals surface area contributed by atoms with Gasteiger partial charge in [0.15, 0.2) is 5.75 Å². The molecular formula is C24H33Cl2N3O3. The highest BCUT2D eigenvalue weighted by molar-refractivity contribution is 5.99. The number of nitrogens with one attached hydrogen (secondary N) is 1. The molecule has 1 atom stereocenters. The second-order valence-electron chi connectivity index (χ2n) is 7.22. The molecule has 1 unspecified atom stereocenters. The van der Waals surface area contributed by atoms with Gasteiger partial charge in [0, 0.05) is 11.1 Å². The molecule has 0 saturated carbocycles. The molecule has 8 heteroatoms. The summed E-state index contributed by atoms with van der Waals surface area (Å²) in [5.41, 5.74) is 14.2. The molecule has 0 heterocycles. The number of phenols is 2. The molecule has 0 saturated heterocycles. The zero-order valence-corrected chi connectivity index (χ0v) is 19.7. The summed E-state index contributed by atoms with van der Waals surface area (Å²) < 4.78 is 0. The van der Waals surface area contributed by atoms with Crippen LogP contribution in [-0.2, 0) is 17.6 Å². The van der Waals surface area contributed by atoms with Crippen LogP contribution in [0.15, 0.2) is 55.6 Å². The molecule has 0 aliphatic rings. The molecule has 0 radical (unpaired) electrons. The summed E-state index contributed by atoms with van der Waals surface area (Å²) in [5.74, 6) is -0.876. The number of allylic oxidation sites excluding steroid dienone is 2. The van der Waals surface area contributed by atoms with Crippen molar-refractivity contribution >= 4 is 36.4 Å². The number of unbranched alkanes of at least 4 members (excludes halogenated alkanes) is 1. The van der Waals surface area contributed by atoms with E-state index in [2.05, 4.69) is 18.5 Å². The van der Waals surface area contributed by atoms with E-state index in [1.807, 2.05) is 24.3 Å². The number of carbonyl (C=O) groups excluding carboxylic acids is 1. The van der Waals surface area contributed by atoms with Gasteiger partial charge in [0.1, 0.15) is 11.4 Å². The molecular weight excluding hydrogens is 449 g/mol. The number of halogens is 2. The van der Waals surface area contributed by atoms with Crippen molar-refractivity contribution < 1.29 is 15.0 Å². The first kappa shape index (κ1) is 29.5. The Morgan fingerprint density at radius 2 is 1.75 bits per heavy atom. The molecule has 0 bridgehead atoms. The molecule has 2 aromatic carbocycles. The fourth-order valence-corrected chi connectivity index (χ4v) is 3.26. The summed E-state index contributed by atoms with van der Waals surface area (Å²) in [7, 11) is 0. The van der Waals surface area contributed by atoms with Gasteiger partial charge in [-0.1, -0.05) is 42.8 Å². The summed E-state index contributed by atoms with van der Waals surface area (Å²) in [6.45, 7) is 8.01. The van der Waals surface area contributed by atoms with Gasteiger partial charge in [-0.2, -0.15) is 0 Å². The number of nitrogens with two attached hydrogens (primary N) is 2. The van der Waals surface area contributed by atoms with Gasteiger partial charge in [0.05, 0.1) is 6.04 Å². The molecule has 0 spiro atoms. The largest absolute Gasteiger partial charge is 0.505 e. The fourth-order valence-electron chi connectivity index (χ4n) is 3.26. The zero-order chi connectivity index (χ0) is 22.1. The number of aromatic hydroxyl groups is 2. The van der Waals surface area contributed by atoms with Crippen LogP contribution in [0.1, 0.15) is 30.4 Å². The Morgan fingerprint density at radius 1 is 1.06 bits per heavy atom. The van der Waals surface area contributed by atoms with Gasteiger partial charge in [-0.25, -0.2) is 0 Å². The van der Waals surface area contributed by atoms with Crippen molar-refractivity contribution in [3.8, 4) is 22.6 Å². The van der Waals surface area contributed by atoms with E-state index in [9.17, 15) is 15.0 Å². The maximum Gasteiger partial charge on any atom is 0.241 e. The molecule has 1 amide bonds. The number of rotatable bonds is 11. The monoisotopic (exact) mass is 481 g/mol. The molecule has 0 aliphatic heterocycles. The van der Waals surface area contributed by atoms with Crippen LogP contribution in [0, 0.1) is 0 Å². The third-order valence-electron chi connectivity index (χ3n) is 4.89. The van der Waals surface area contributed by atoms with Crippen LogP contribution < -0.4 is 16.8 Å². The standard InChI is InChI=1S/C24H31N3O3.2ClH/c1-3-8-16-10-7-11-17(14-16)19-15-18(9-4-2)22(28)21(23(19)29)27-24(30)20(26)12-5-6-13-25;;/h3-4,7,10-11,14-15,20,28-29H,1-2,5-6,8-9,12-13,25-26H2,(H,27,30);2*1H. The van der Waals surface area contributed by atoms with E-state index in [1.54, 1.807) is 18.2 Å². The minimum Gasteiger partial charge on any atom is -0.505 e. The lowest BCUT2D eigenvalue weighted by Crippen LogP contribution is -2.35. The highest BCUT2D eigenvalue weighted by atomic mass is 35.5. The number of anilines is 1. The Balaban J connectivity index is 0.00000480.